The van der Waals surface area contributed by atoms with Crippen LogP contribution in [0.2, 0.25) is 0 Å². The Bertz CT molecular complexity index is 1160. The van der Waals surface area contributed by atoms with Crippen molar-refractivity contribution in [3.05, 3.63) is 71.9 Å². The highest BCUT2D eigenvalue weighted by Crippen LogP contribution is 2.32. The molecule has 6 heteroatoms. The molecule has 2 heterocycles. The lowest BCUT2D eigenvalue weighted by molar-refractivity contribution is -0.129. The SMILES string of the molecule is Cc1c(C(=O)O[C@H](C)C(=O)NCc2ccco2)oc2c1ccc1ccccc12. The van der Waals surface area contributed by atoms with Crippen molar-refractivity contribution in [2.75, 3.05) is 0 Å². The number of esters is 1. The molecule has 4 aromatic rings. The van der Waals surface area contributed by atoms with Gasteiger partial charge in [-0.1, -0.05) is 36.4 Å². The van der Waals surface area contributed by atoms with Crippen LogP contribution in [0.3, 0.4) is 0 Å². The van der Waals surface area contributed by atoms with E-state index in [1.54, 1.807) is 19.1 Å². The third-order valence-electron chi connectivity index (χ3n) is 4.68. The van der Waals surface area contributed by atoms with Crippen LogP contribution in [0.5, 0.6) is 0 Å². The molecule has 0 fully saturated rings. The standard InChI is InChI=1S/C22H19NO5/c1-13-17-10-9-15-6-3-4-8-18(15)20(17)28-19(13)22(25)27-14(2)21(24)23-12-16-7-5-11-26-16/h3-11,14H,12H2,1-2H3,(H,23,24)/t14-/m1/s1. The topological polar surface area (TPSA) is 81.7 Å². The average molecular weight is 377 g/mol. The number of ether oxygens (including phenoxy) is 1. The second-order valence-electron chi connectivity index (χ2n) is 6.56. The lowest BCUT2D eigenvalue weighted by atomic mass is 10.1. The quantitative estimate of drug-likeness (QED) is 0.523. The van der Waals surface area contributed by atoms with Crippen LogP contribution in [0.4, 0.5) is 0 Å². The second-order valence-corrected chi connectivity index (χ2v) is 6.56. The highest BCUT2D eigenvalue weighted by atomic mass is 16.6. The number of furan rings is 2. The fourth-order valence-electron chi connectivity index (χ4n) is 3.14. The van der Waals surface area contributed by atoms with E-state index in [-0.39, 0.29) is 12.3 Å². The van der Waals surface area contributed by atoms with E-state index in [1.807, 2.05) is 36.4 Å². The van der Waals surface area contributed by atoms with Crippen molar-refractivity contribution in [3.63, 3.8) is 0 Å². The van der Waals surface area contributed by atoms with Crippen LogP contribution in [0.15, 0.2) is 63.6 Å². The fourth-order valence-corrected chi connectivity index (χ4v) is 3.14. The van der Waals surface area contributed by atoms with E-state index in [0.29, 0.717) is 16.9 Å². The van der Waals surface area contributed by atoms with Gasteiger partial charge in [0.05, 0.1) is 12.8 Å². The van der Waals surface area contributed by atoms with Crippen molar-refractivity contribution in [2.24, 2.45) is 0 Å². The van der Waals surface area contributed by atoms with E-state index in [0.717, 1.165) is 16.2 Å². The molecule has 0 bridgehead atoms. The Morgan fingerprint density at radius 3 is 2.68 bits per heavy atom. The smallest absolute Gasteiger partial charge is 0.375 e. The summed E-state index contributed by atoms with van der Waals surface area (Å²) in [6.07, 6.45) is 0.561. The molecule has 1 N–H and O–H groups in total. The van der Waals surface area contributed by atoms with Gasteiger partial charge in [0.25, 0.3) is 5.91 Å². The summed E-state index contributed by atoms with van der Waals surface area (Å²) in [5, 5.41) is 5.46. The molecule has 2 aromatic carbocycles. The monoisotopic (exact) mass is 377 g/mol. The average Bonchev–Trinajstić information content (AvgIpc) is 3.34. The number of carbonyl (C=O) groups is 2. The zero-order valence-corrected chi connectivity index (χ0v) is 15.5. The lowest BCUT2D eigenvalue weighted by Gasteiger charge is -2.12. The minimum absolute atomic E-state index is 0.108. The van der Waals surface area contributed by atoms with Crippen molar-refractivity contribution in [1.82, 2.24) is 5.32 Å². The lowest BCUT2D eigenvalue weighted by Crippen LogP contribution is -2.35. The third kappa shape index (κ3) is 3.24. The van der Waals surface area contributed by atoms with E-state index in [9.17, 15) is 9.59 Å². The summed E-state index contributed by atoms with van der Waals surface area (Å²) >= 11 is 0. The first-order valence-electron chi connectivity index (χ1n) is 8.96. The van der Waals surface area contributed by atoms with Gasteiger partial charge in [0.1, 0.15) is 11.3 Å². The predicted molar refractivity (Wildman–Crippen MR) is 104 cm³/mol. The minimum Gasteiger partial charge on any atom is -0.467 e. The normalized spacial score (nSPS) is 12.2. The van der Waals surface area contributed by atoms with Crippen LogP contribution >= 0.6 is 0 Å². The molecular weight excluding hydrogens is 358 g/mol. The number of fused-ring (bicyclic) bond motifs is 3. The Kier molecular flexibility index (Phi) is 4.61. The van der Waals surface area contributed by atoms with Crippen LogP contribution in [0.1, 0.15) is 28.8 Å². The van der Waals surface area contributed by atoms with Gasteiger partial charge in [-0.15, -0.1) is 0 Å². The number of aryl methyl sites for hydroxylation is 1. The highest BCUT2D eigenvalue weighted by Gasteiger charge is 2.24. The molecule has 2 aromatic heterocycles. The molecule has 1 amide bonds. The number of carbonyl (C=O) groups excluding carboxylic acids is 2. The first-order valence-corrected chi connectivity index (χ1v) is 8.96. The first-order chi connectivity index (χ1) is 13.5. The molecule has 0 saturated carbocycles. The number of nitrogens with one attached hydrogen (secondary N) is 1. The Morgan fingerprint density at radius 2 is 1.89 bits per heavy atom. The summed E-state index contributed by atoms with van der Waals surface area (Å²) in [6, 6.07) is 15.2. The Morgan fingerprint density at radius 1 is 1.07 bits per heavy atom. The zero-order chi connectivity index (χ0) is 19.7. The summed E-state index contributed by atoms with van der Waals surface area (Å²) in [4.78, 5) is 24.8. The molecule has 0 unspecified atom stereocenters. The first kappa shape index (κ1) is 17.9. The summed E-state index contributed by atoms with van der Waals surface area (Å²) in [5.41, 5.74) is 1.33. The number of hydrogen-bond acceptors (Lipinski definition) is 5. The Hall–Kier alpha value is -3.54. The molecule has 0 spiro atoms. The van der Waals surface area contributed by atoms with Gasteiger partial charge in [-0.2, -0.15) is 0 Å². The largest absolute Gasteiger partial charge is 0.467 e. The van der Waals surface area contributed by atoms with Gasteiger partial charge in [0, 0.05) is 16.3 Å². The maximum atomic E-state index is 12.6. The Balaban J connectivity index is 1.52. The van der Waals surface area contributed by atoms with Crippen LogP contribution < -0.4 is 5.32 Å². The van der Waals surface area contributed by atoms with Crippen LogP contribution in [0.25, 0.3) is 21.7 Å². The van der Waals surface area contributed by atoms with Crippen molar-refractivity contribution in [2.45, 2.75) is 26.5 Å². The second kappa shape index (κ2) is 7.23. The minimum atomic E-state index is -0.966. The van der Waals surface area contributed by atoms with E-state index >= 15 is 0 Å². The number of amides is 1. The van der Waals surface area contributed by atoms with Crippen molar-refractivity contribution < 1.29 is 23.2 Å². The van der Waals surface area contributed by atoms with Crippen molar-refractivity contribution in [3.8, 4) is 0 Å². The van der Waals surface area contributed by atoms with Gasteiger partial charge in [-0.25, -0.2) is 4.79 Å². The van der Waals surface area contributed by atoms with Crippen LogP contribution in [-0.2, 0) is 16.1 Å². The summed E-state index contributed by atoms with van der Waals surface area (Å²) in [7, 11) is 0. The van der Waals surface area contributed by atoms with Gasteiger partial charge in [0.15, 0.2) is 6.10 Å². The maximum Gasteiger partial charge on any atom is 0.375 e. The molecule has 6 nitrogen and oxygen atoms in total. The molecule has 28 heavy (non-hydrogen) atoms. The fraction of sp³-hybridized carbons (Fsp3) is 0.182. The third-order valence-corrected chi connectivity index (χ3v) is 4.68. The van der Waals surface area contributed by atoms with E-state index < -0.39 is 18.0 Å². The van der Waals surface area contributed by atoms with E-state index in [4.69, 9.17) is 13.6 Å². The molecule has 142 valence electrons. The van der Waals surface area contributed by atoms with E-state index in [1.165, 1.54) is 13.2 Å². The summed E-state index contributed by atoms with van der Waals surface area (Å²) < 4.78 is 16.3. The van der Waals surface area contributed by atoms with Crippen LogP contribution in [0, 0.1) is 6.92 Å². The molecule has 0 aliphatic rings. The molecule has 0 aliphatic carbocycles. The molecule has 4 rings (SSSR count). The van der Waals surface area contributed by atoms with Gasteiger partial charge in [-0.3, -0.25) is 4.79 Å². The Labute approximate surface area is 161 Å². The molecule has 0 aliphatic heterocycles. The van der Waals surface area contributed by atoms with Crippen molar-refractivity contribution >= 4 is 33.6 Å². The summed E-state index contributed by atoms with van der Waals surface area (Å²) in [5.74, 6) is -0.355. The highest BCUT2D eigenvalue weighted by molar-refractivity contribution is 6.08. The van der Waals surface area contributed by atoms with Gasteiger partial charge < -0.3 is 18.9 Å². The van der Waals surface area contributed by atoms with Gasteiger partial charge >= 0.3 is 5.97 Å². The number of rotatable bonds is 5. The molecular formula is C22H19NO5. The molecule has 0 saturated heterocycles. The summed E-state index contributed by atoms with van der Waals surface area (Å²) in [6.45, 7) is 3.55. The zero-order valence-electron chi connectivity index (χ0n) is 15.5. The van der Waals surface area contributed by atoms with Gasteiger partial charge in [-0.05, 0) is 31.4 Å². The number of hydrogen-bond donors (Lipinski definition) is 1. The molecule has 0 radical (unpaired) electrons. The van der Waals surface area contributed by atoms with Crippen LogP contribution in [-0.4, -0.2) is 18.0 Å². The molecule has 1 atom stereocenters. The van der Waals surface area contributed by atoms with Gasteiger partial charge in [0.2, 0.25) is 5.76 Å². The maximum absolute atomic E-state index is 12.6. The number of benzene rings is 2. The predicted octanol–water partition coefficient (Wildman–Crippen LogP) is 4.35. The van der Waals surface area contributed by atoms with Crippen molar-refractivity contribution in [1.29, 1.82) is 0 Å². The van der Waals surface area contributed by atoms with E-state index in [2.05, 4.69) is 5.32 Å².